The zero-order valence-electron chi connectivity index (χ0n) is 25.4. The van der Waals surface area contributed by atoms with Gasteiger partial charge in [-0.05, 0) is 90.7 Å². The number of hydrogen-bond acceptors (Lipinski definition) is 0. The van der Waals surface area contributed by atoms with E-state index in [0.717, 1.165) is 11.1 Å². The molecule has 6 aromatic carbocycles. The number of fused-ring (bicyclic) bond motifs is 3. The maximum absolute atomic E-state index is 4.32. The van der Waals surface area contributed by atoms with Crippen LogP contribution in [0.2, 0.25) is 0 Å². The lowest BCUT2D eigenvalue weighted by Crippen LogP contribution is -2.00. The van der Waals surface area contributed by atoms with Gasteiger partial charge >= 0.3 is 0 Å². The first-order valence-electron chi connectivity index (χ1n) is 15.2. The second-order valence-electron chi connectivity index (χ2n) is 10.8. The fourth-order valence-corrected chi connectivity index (χ4v) is 6.44. The lowest BCUT2D eigenvalue weighted by molar-refractivity contribution is 1.63. The molecule has 212 valence electrons. The molecule has 0 fully saturated rings. The molecule has 0 aliphatic heterocycles. The van der Waals surface area contributed by atoms with Gasteiger partial charge in [-0.25, -0.2) is 0 Å². The molecule has 0 N–H and O–H groups in total. The molecule has 0 amide bonds. The van der Waals surface area contributed by atoms with E-state index in [2.05, 4.69) is 173 Å². The van der Waals surface area contributed by atoms with E-state index in [0.29, 0.717) is 0 Å². The molecule has 0 atom stereocenters. The second kappa shape index (κ2) is 12.8. The maximum atomic E-state index is 4.32. The summed E-state index contributed by atoms with van der Waals surface area (Å²) in [5, 5.41) is 7.24. The lowest BCUT2D eigenvalue weighted by atomic mass is 9.77. The molecule has 0 aliphatic carbocycles. The highest BCUT2D eigenvalue weighted by molar-refractivity contribution is 6.31. The number of hydrogen-bond donors (Lipinski definition) is 0. The average molecular weight is 565 g/mol. The molecule has 0 nitrogen and oxygen atoms in total. The number of allylic oxidation sites excluding steroid dienone is 10. The van der Waals surface area contributed by atoms with Crippen LogP contribution in [0.25, 0.3) is 65.7 Å². The van der Waals surface area contributed by atoms with Gasteiger partial charge in [0.15, 0.2) is 0 Å². The summed E-state index contributed by atoms with van der Waals surface area (Å²) in [6.07, 6.45) is 16.7. The summed E-state index contributed by atoms with van der Waals surface area (Å²) in [5.41, 5.74) is 9.35. The van der Waals surface area contributed by atoms with Gasteiger partial charge in [0, 0.05) is 0 Å². The van der Waals surface area contributed by atoms with Crippen molar-refractivity contribution in [3.05, 3.63) is 182 Å². The van der Waals surface area contributed by atoms with Gasteiger partial charge in [0.1, 0.15) is 0 Å². The van der Waals surface area contributed by atoms with Crippen molar-refractivity contribution in [3.63, 3.8) is 0 Å². The minimum Gasteiger partial charge on any atom is -0.0984 e. The van der Waals surface area contributed by atoms with Crippen molar-refractivity contribution < 1.29 is 0 Å². The summed E-state index contributed by atoms with van der Waals surface area (Å²) in [7, 11) is 0. The molecule has 44 heavy (non-hydrogen) atoms. The molecule has 0 saturated heterocycles. The fourth-order valence-electron chi connectivity index (χ4n) is 6.44. The van der Waals surface area contributed by atoms with Crippen molar-refractivity contribution >= 4 is 43.5 Å². The van der Waals surface area contributed by atoms with E-state index < -0.39 is 0 Å². The van der Waals surface area contributed by atoms with E-state index in [9.17, 15) is 0 Å². The zero-order valence-corrected chi connectivity index (χ0v) is 25.4. The first-order valence-corrected chi connectivity index (χ1v) is 15.2. The Morgan fingerprint density at radius 2 is 0.795 bits per heavy atom. The van der Waals surface area contributed by atoms with Crippen molar-refractivity contribution in [2.45, 2.75) is 13.8 Å². The van der Waals surface area contributed by atoms with E-state index >= 15 is 0 Å². The molecule has 0 saturated carbocycles. The molecule has 0 aliphatic rings. The Labute approximate surface area is 261 Å². The van der Waals surface area contributed by atoms with Gasteiger partial charge in [0.2, 0.25) is 0 Å². The Hall–Kier alpha value is -5.46. The second-order valence-corrected chi connectivity index (χ2v) is 10.8. The molecule has 0 heterocycles. The van der Waals surface area contributed by atoms with Crippen molar-refractivity contribution in [3.8, 4) is 22.3 Å². The van der Waals surface area contributed by atoms with Crippen LogP contribution in [0.1, 0.15) is 25.0 Å². The van der Waals surface area contributed by atoms with Crippen molar-refractivity contribution in [2.75, 3.05) is 0 Å². The third-order valence-electron chi connectivity index (χ3n) is 8.26. The Balaban J connectivity index is 2.08. The first-order chi connectivity index (χ1) is 21.7. The third kappa shape index (κ3) is 4.95. The molecule has 0 spiro atoms. The summed E-state index contributed by atoms with van der Waals surface area (Å²) in [6, 6.07) is 39.3. The lowest BCUT2D eigenvalue weighted by Gasteiger charge is -2.25. The van der Waals surface area contributed by atoms with Crippen LogP contribution in [-0.2, 0) is 0 Å². The van der Waals surface area contributed by atoms with Gasteiger partial charge in [-0.3, -0.25) is 0 Å². The Morgan fingerprint density at radius 3 is 1.14 bits per heavy atom. The normalized spacial score (nSPS) is 12.6. The van der Waals surface area contributed by atoms with Crippen LogP contribution in [-0.4, -0.2) is 0 Å². The Bertz CT molecular complexity index is 1980. The number of rotatable bonds is 8. The van der Waals surface area contributed by atoms with Crippen LogP contribution in [0.5, 0.6) is 0 Å². The summed E-state index contributed by atoms with van der Waals surface area (Å²) < 4.78 is 0. The summed E-state index contributed by atoms with van der Waals surface area (Å²) in [4.78, 5) is 0. The van der Waals surface area contributed by atoms with Gasteiger partial charge in [-0.1, -0.05) is 171 Å². The smallest absolute Gasteiger partial charge is 0.000139 e. The predicted molar refractivity (Wildman–Crippen MR) is 196 cm³/mol. The molecule has 0 aromatic heterocycles. The fraction of sp³-hybridized carbons (Fsp3) is 0.0455. The predicted octanol–water partition coefficient (Wildman–Crippen LogP) is 12.8. The molecule has 0 bridgehead atoms. The van der Waals surface area contributed by atoms with Crippen molar-refractivity contribution in [2.24, 2.45) is 0 Å². The van der Waals surface area contributed by atoms with E-state index in [1.54, 1.807) is 0 Å². The van der Waals surface area contributed by atoms with Gasteiger partial charge in [0.05, 0.1) is 0 Å². The summed E-state index contributed by atoms with van der Waals surface area (Å²) in [5.74, 6) is 0. The highest BCUT2D eigenvalue weighted by Gasteiger charge is 2.25. The SMILES string of the molecule is C=C/C(=C\C=C/C)c1c2ccccc2c(/C(C=C)=C/C=C\C)c2c(-c3ccccc3)c3ccccc3c(-c3ccccc3)c12. The first kappa shape index (κ1) is 28.6. The van der Waals surface area contributed by atoms with Crippen LogP contribution in [0.3, 0.4) is 0 Å². The minimum atomic E-state index is 1.08. The standard InChI is InChI=1S/C44H36/c1-5-9-21-31(7-3)39-35-27-17-18-28-36(35)40(32(8-4)22-10-6-2)44-42(34-25-15-12-16-26-34)38-30-20-19-29-37(38)41(43(39)44)33-23-13-11-14-24-33/h5-30H,3-4H2,1-2H3/b9-5-,10-6-,31-21+,32-22+. The molecule has 0 radical (unpaired) electrons. The molecule has 6 aromatic rings. The molecule has 0 heteroatoms. The monoisotopic (exact) mass is 564 g/mol. The highest BCUT2D eigenvalue weighted by Crippen LogP contribution is 2.51. The van der Waals surface area contributed by atoms with E-state index in [-0.39, 0.29) is 0 Å². The zero-order chi connectivity index (χ0) is 30.5. The Kier molecular flexibility index (Phi) is 8.34. The molecular formula is C44H36. The highest BCUT2D eigenvalue weighted by atomic mass is 14.3. The molecule has 6 rings (SSSR count). The molecular weight excluding hydrogens is 528 g/mol. The third-order valence-corrected chi connectivity index (χ3v) is 8.26. The summed E-state index contributed by atoms with van der Waals surface area (Å²) >= 11 is 0. The molecule has 0 unspecified atom stereocenters. The number of benzene rings is 6. The topological polar surface area (TPSA) is 0 Å². The quantitative estimate of drug-likeness (QED) is 0.127. The van der Waals surface area contributed by atoms with E-state index in [4.69, 9.17) is 0 Å². The van der Waals surface area contributed by atoms with Crippen LogP contribution < -0.4 is 0 Å². The van der Waals surface area contributed by atoms with Gasteiger partial charge in [-0.2, -0.15) is 0 Å². The van der Waals surface area contributed by atoms with Crippen molar-refractivity contribution in [1.82, 2.24) is 0 Å². The van der Waals surface area contributed by atoms with Gasteiger partial charge < -0.3 is 0 Å². The minimum absolute atomic E-state index is 1.08. The Morgan fingerprint density at radius 1 is 0.455 bits per heavy atom. The maximum Gasteiger partial charge on any atom is -0.000139 e. The van der Waals surface area contributed by atoms with Crippen LogP contribution in [0, 0.1) is 0 Å². The van der Waals surface area contributed by atoms with Crippen LogP contribution in [0.15, 0.2) is 171 Å². The van der Waals surface area contributed by atoms with E-state index in [1.165, 1.54) is 65.7 Å². The van der Waals surface area contributed by atoms with Gasteiger partial charge in [0.25, 0.3) is 0 Å². The van der Waals surface area contributed by atoms with Gasteiger partial charge in [-0.15, -0.1) is 0 Å². The van der Waals surface area contributed by atoms with Crippen molar-refractivity contribution in [1.29, 1.82) is 0 Å². The average Bonchev–Trinajstić information content (AvgIpc) is 3.08. The van der Waals surface area contributed by atoms with E-state index in [1.807, 2.05) is 12.2 Å². The van der Waals surface area contributed by atoms with Crippen LogP contribution >= 0.6 is 0 Å². The van der Waals surface area contributed by atoms with Crippen LogP contribution in [0.4, 0.5) is 0 Å². The largest absolute Gasteiger partial charge is 0.0984 e. The summed E-state index contributed by atoms with van der Waals surface area (Å²) in [6.45, 7) is 12.8.